The van der Waals surface area contributed by atoms with Gasteiger partial charge in [-0.15, -0.1) is 0 Å². The summed E-state index contributed by atoms with van der Waals surface area (Å²) in [6.07, 6.45) is 16.7. The minimum absolute atomic E-state index is 0.699. The molecule has 0 heterocycles. The zero-order chi connectivity index (χ0) is 23.0. The fourth-order valence-electron chi connectivity index (χ4n) is 3.68. The predicted molar refractivity (Wildman–Crippen MR) is 120 cm³/mol. The highest BCUT2D eigenvalue weighted by molar-refractivity contribution is 6.10. The Balaban J connectivity index is 4.25. The Morgan fingerprint density at radius 2 is 1.30 bits per heavy atom. The van der Waals surface area contributed by atoms with Crippen LogP contribution in [-0.4, -0.2) is 40.4 Å². The van der Waals surface area contributed by atoms with E-state index in [-0.39, 0.29) is 0 Å². The number of esters is 1. The lowest BCUT2D eigenvalue weighted by Gasteiger charge is -2.35. The zero-order valence-electron chi connectivity index (χ0n) is 19.5. The SMILES string of the molecule is CCCCCCCCCCCCC/C=C/C(O)C(N)C(OC(C)=O)(C(C)=O)C(C)=O. The zero-order valence-corrected chi connectivity index (χ0v) is 19.5. The molecule has 0 rings (SSSR count). The number of aliphatic hydroxyl groups excluding tert-OH is 1. The third-order valence-corrected chi connectivity index (χ3v) is 5.50. The maximum absolute atomic E-state index is 12.1. The molecule has 0 aromatic rings. The van der Waals surface area contributed by atoms with Crippen molar-refractivity contribution < 1.29 is 24.2 Å². The smallest absolute Gasteiger partial charge is 0.304 e. The monoisotopic (exact) mass is 425 g/mol. The van der Waals surface area contributed by atoms with E-state index >= 15 is 0 Å². The summed E-state index contributed by atoms with van der Waals surface area (Å²) in [6.45, 7) is 5.60. The Kier molecular flexibility index (Phi) is 15.4. The number of hydrogen-bond donors (Lipinski definition) is 2. The van der Waals surface area contributed by atoms with Crippen LogP contribution in [0, 0.1) is 0 Å². The molecule has 0 radical (unpaired) electrons. The van der Waals surface area contributed by atoms with E-state index in [2.05, 4.69) is 6.92 Å². The molecule has 2 unspecified atom stereocenters. The number of Topliss-reactive ketones (excluding diaryl/α,β-unsaturated/α-hetero) is 2. The Morgan fingerprint density at radius 1 is 0.867 bits per heavy atom. The molecule has 0 aliphatic carbocycles. The Morgan fingerprint density at radius 3 is 1.70 bits per heavy atom. The van der Waals surface area contributed by atoms with Crippen LogP contribution in [0.4, 0.5) is 0 Å². The summed E-state index contributed by atoms with van der Waals surface area (Å²) in [4.78, 5) is 35.5. The summed E-state index contributed by atoms with van der Waals surface area (Å²) < 4.78 is 5.01. The topological polar surface area (TPSA) is 107 Å². The fourth-order valence-corrected chi connectivity index (χ4v) is 3.68. The summed E-state index contributed by atoms with van der Waals surface area (Å²) in [5.41, 5.74) is 3.81. The third kappa shape index (κ3) is 10.5. The minimum Gasteiger partial charge on any atom is -0.441 e. The summed E-state index contributed by atoms with van der Waals surface area (Å²) >= 11 is 0. The molecule has 0 saturated heterocycles. The van der Waals surface area contributed by atoms with Gasteiger partial charge in [-0.3, -0.25) is 14.4 Å². The van der Waals surface area contributed by atoms with Gasteiger partial charge in [0.25, 0.3) is 0 Å². The number of unbranched alkanes of at least 4 members (excludes halogenated alkanes) is 11. The predicted octanol–water partition coefficient (Wildman–Crippen LogP) is 4.41. The average Bonchev–Trinajstić information content (AvgIpc) is 2.68. The first kappa shape index (κ1) is 28.5. The highest BCUT2D eigenvalue weighted by Gasteiger charge is 2.51. The van der Waals surface area contributed by atoms with E-state index < -0.39 is 35.3 Å². The molecule has 3 N–H and O–H groups in total. The van der Waals surface area contributed by atoms with Crippen LogP contribution in [0.1, 0.15) is 105 Å². The molecule has 0 fully saturated rings. The number of carbonyl (C=O) groups excluding carboxylic acids is 3. The lowest BCUT2D eigenvalue weighted by Crippen LogP contribution is -2.64. The van der Waals surface area contributed by atoms with Crippen molar-refractivity contribution in [3.8, 4) is 0 Å². The normalized spacial score (nSPS) is 13.9. The standard InChI is InChI=1S/C24H43NO5/c1-5-6-7-8-9-10-11-12-13-14-15-16-17-18-22(29)23(25)24(19(2)26,20(3)27)30-21(4)28/h17-18,22-23,29H,5-16,25H2,1-4H3/b18-17+. The molecule has 0 aliphatic rings. The number of hydrogen-bond acceptors (Lipinski definition) is 6. The third-order valence-electron chi connectivity index (χ3n) is 5.50. The van der Waals surface area contributed by atoms with Crippen molar-refractivity contribution in [1.29, 1.82) is 0 Å². The number of nitrogens with two attached hydrogens (primary N) is 1. The van der Waals surface area contributed by atoms with Crippen molar-refractivity contribution in [2.75, 3.05) is 0 Å². The minimum atomic E-state index is -2.16. The van der Waals surface area contributed by atoms with Crippen LogP contribution in [0.3, 0.4) is 0 Å². The van der Waals surface area contributed by atoms with E-state index in [0.29, 0.717) is 0 Å². The molecular weight excluding hydrogens is 382 g/mol. The largest absolute Gasteiger partial charge is 0.441 e. The number of allylic oxidation sites excluding steroid dienone is 1. The number of ether oxygens (including phenoxy) is 1. The van der Waals surface area contributed by atoms with Gasteiger partial charge in [0.15, 0.2) is 11.6 Å². The quantitative estimate of drug-likeness (QED) is 0.146. The molecule has 0 spiro atoms. The van der Waals surface area contributed by atoms with E-state index in [1.807, 2.05) is 0 Å². The molecule has 6 heteroatoms. The van der Waals surface area contributed by atoms with Gasteiger partial charge in [-0.25, -0.2) is 0 Å². The molecule has 6 nitrogen and oxygen atoms in total. The van der Waals surface area contributed by atoms with Gasteiger partial charge < -0.3 is 15.6 Å². The first-order valence-corrected chi connectivity index (χ1v) is 11.5. The second-order valence-electron chi connectivity index (χ2n) is 8.21. The molecule has 0 aromatic heterocycles. The van der Waals surface area contributed by atoms with Gasteiger partial charge in [-0.2, -0.15) is 0 Å². The van der Waals surface area contributed by atoms with Gasteiger partial charge in [0, 0.05) is 6.92 Å². The van der Waals surface area contributed by atoms with Gasteiger partial charge in [0.2, 0.25) is 5.60 Å². The highest BCUT2D eigenvalue weighted by atomic mass is 16.6. The van der Waals surface area contributed by atoms with E-state index in [1.165, 1.54) is 63.9 Å². The first-order valence-electron chi connectivity index (χ1n) is 11.5. The number of rotatable bonds is 18. The van der Waals surface area contributed by atoms with Crippen LogP contribution >= 0.6 is 0 Å². The van der Waals surface area contributed by atoms with Crippen molar-refractivity contribution >= 4 is 17.5 Å². The molecule has 0 bridgehead atoms. The number of aliphatic hydroxyl groups is 1. The Labute approximate surface area is 182 Å². The average molecular weight is 426 g/mol. The van der Waals surface area contributed by atoms with Crippen molar-refractivity contribution in [1.82, 2.24) is 0 Å². The van der Waals surface area contributed by atoms with Crippen molar-refractivity contribution in [3.63, 3.8) is 0 Å². The van der Waals surface area contributed by atoms with E-state index in [0.717, 1.165) is 40.0 Å². The summed E-state index contributed by atoms with van der Waals surface area (Å²) in [7, 11) is 0. The maximum Gasteiger partial charge on any atom is 0.304 e. The molecule has 0 saturated carbocycles. The summed E-state index contributed by atoms with van der Waals surface area (Å²) in [5.74, 6) is -2.20. The second-order valence-corrected chi connectivity index (χ2v) is 8.21. The first-order chi connectivity index (χ1) is 14.2. The highest BCUT2D eigenvalue weighted by Crippen LogP contribution is 2.22. The van der Waals surface area contributed by atoms with Crippen molar-refractivity contribution in [3.05, 3.63) is 12.2 Å². The molecule has 174 valence electrons. The molecular formula is C24H43NO5. The van der Waals surface area contributed by atoms with E-state index in [4.69, 9.17) is 10.5 Å². The van der Waals surface area contributed by atoms with Gasteiger partial charge >= 0.3 is 5.97 Å². The Bertz CT molecular complexity index is 530. The van der Waals surface area contributed by atoms with Crippen LogP contribution in [-0.2, 0) is 19.1 Å². The molecule has 0 aliphatic heterocycles. The van der Waals surface area contributed by atoms with Crippen molar-refractivity contribution in [2.45, 2.75) is 122 Å². The molecule has 0 aromatic carbocycles. The summed E-state index contributed by atoms with van der Waals surface area (Å²) in [6, 6.07) is -1.36. The Hall–Kier alpha value is -1.53. The maximum atomic E-state index is 12.1. The lowest BCUT2D eigenvalue weighted by molar-refractivity contribution is -0.175. The second kappa shape index (κ2) is 16.2. The number of carbonyl (C=O) groups is 3. The van der Waals surface area contributed by atoms with Gasteiger partial charge in [0.1, 0.15) is 0 Å². The lowest BCUT2D eigenvalue weighted by atomic mass is 9.83. The van der Waals surface area contributed by atoms with Gasteiger partial charge in [-0.05, 0) is 26.7 Å². The van der Waals surface area contributed by atoms with Crippen LogP contribution in [0.25, 0.3) is 0 Å². The van der Waals surface area contributed by atoms with Crippen LogP contribution < -0.4 is 5.73 Å². The van der Waals surface area contributed by atoms with Crippen LogP contribution in [0.2, 0.25) is 0 Å². The molecule has 30 heavy (non-hydrogen) atoms. The van der Waals surface area contributed by atoms with Gasteiger partial charge in [0.05, 0.1) is 12.1 Å². The summed E-state index contributed by atoms with van der Waals surface area (Å²) in [5, 5.41) is 10.3. The van der Waals surface area contributed by atoms with E-state index in [9.17, 15) is 19.5 Å². The van der Waals surface area contributed by atoms with E-state index in [1.54, 1.807) is 6.08 Å². The van der Waals surface area contributed by atoms with Gasteiger partial charge in [-0.1, -0.05) is 83.3 Å². The van der Waals surface area contributed by atoms with Crippen LogP contribution in [0.15, 0.2) is 12.2 Å². The van der Waals surface area contributed by atoms with Crippen LogP contribution in [0.5, 0.6) is 0 Å². The van der Waals surface area contributed by atoms with Crippen molar-refractivity contribution in [2.24, 2.45) is 5.73 Å². The molecule has 2 atom stereocenters. The fraction of sp³-hybridized carbons (Fsp3) is 0.792. The molecule has 0 amide bonds. The number of ketones is 2.